The number of phenolic OH excluding ortho intramolecular Hbond substituents is 1. The second kappa shape index (κ2) is 7.31. The zero-order valence-corrected chi connectivity index (χ0v) is 13.2. The van der Waals surface area contributed by atoms with Crippen LogP contribution >= 0.6 is 0 Å². The van der Waals surface area contributed by atoms with Crippen LogP contribution in [-0.4, -0.2) is 39.5 Å². The molecule has 0 aliphatic carbocycles. The van der Waals surface area contributed by atoms with Gasteiger partial charge in [0.1, 0.15) is 11.4 Å². The molecule has 118 valence electrons. The van der Waals surface area contributed by atoms with Crippen LogP contribution in [-0.2, 0) is 11.3 Å². The number of phenols is 1. The SMILES string of the molecule is CC[C@H](CO)N(Cc1ccccc1O)C(=O)OC(C)(C)C. The van der Waals surface area contributed by atoms with E-state index < -0.39 is 11.7 Å². The highest BCUT2D eigenvalue weighted by molar-refractivity contribution is 5.68. The van der Waals surface area contributed by atoms with Crippen molar-refractivity contribution in [3.8, 4) is 5.75 Å². The number of aliphatic hydroxyl groups excluding tert-OH is 1. The number of carbonyl (C=O) groups is 1. The predicted molar refractivity (Wildman–Crippen MR) is 81.0 cm³/mol. The van der Waals surface area contributed by atoms with Crippen molar-refractivity contribution in [1.29, 1.82) is 0 Å². The molecule has 0 saturated carbocycles. The normalized spacial score (nSPS) is 12.8. The number of benzene rings is 1. The Balaban J connectivity index is 2.97. The molecule has 0 unspecified atom stereocenters. The maximum Gasteiger partial charge on any atom is 0.410 e. The largest absolute Gasteiger partial charge is 0.508 e. The van der Waals surface area contributed by atoms with E-state index in [2.05, 4.69) is 0 Å². The molecule has 0 heterocycles. The van der Waals surface area contributed by atoms with Gasteiger partial charge in [-0.2, -0.15) is 0 Å². The number of nitrogens with zero attached hydrogens (tertiary/aromatic N) is 1. The third kappa shape index (κ3) is 5.27. The molecule has 0 aromatic heterocycles. The van der Waals surface area contributed by atoms with Crippen LogP contribution in [0.5, 0.6) is 5.75 Å². The summed E-state index contributed by atoms with van der Waals surface area (Å²) in [5.41, 5.74) is 0.0113. The molecule has 1 rings (SSSR count). The van der Waals surface area contributed by atoms with Crippen LogP contribution in [0.4, 0.5) is 4.79 Å². The third-order valence-electron chi connectivity index (χ3n) is 3.08. The number of hydrogen-bond acceptors (Lipinski definition) is 4. The van der Waals surface area contributed by atoms with Crippen LogP contribution < -0.4 is 0 Å². The van der Waals surface area contributed by atoms with Crippen molar-refractivity contribution >= 4 is 6.09 Å². The molecule has 2 N–H and O–H groups in total. The van der Waals surface area contributed by atoms with E-state index in [1.54, 1.807) is 45.0 Å². The maximum absolute atomic E-state index is 12.3. The summed E-state index contributed by atoms with van der Waals surface area (Å²) in [4.78, 5) is 13.8. The lowest BCUT2D eigenvalue weighted by Gasteiger charge is -2.32. The number of carbonyl (C=O) groups excluding carboxylic acids is 1. The summed E-state index contributed by atoms with van der Waals surface area (Å²) in [6.45, 7) is 7.32. The molecule has 0 saturated heterocycles. The van der Waals surface area contributed by atoms with E-state index in [4.69, 9.17) is 4.74 Å². The Morgan fingerprint density at radius 3 is 2.43 bits per heavy atom. The molecular formula is C16H25NO4. The van der Waals surface area contributed by atoms with Gasteiger partial charge in [0.25, 0.3) is 0 Å². The van der Waals surface area contributed by atoms with Crippen molar-refractivity contribution in [2.24, 2.45) is 0 Å². The molecule has 1 amide bonds. The maximum atomic E-state index is 12.3. The van der Waals surface area contributed by atoms with Gasteiger partial charge in [-0.15, -0.1) is 0 Å². The minimum atomic E-state index is -0.609. The molecule has 0 aliphatic heterocycles. The summed E-state index contributed by atoms with van der Waals surface area (Å²) in [7, 11) is 0. The molecule has 21 heavy (non-hydrogen) atoms. The Hall–Kier alpha value is -1.75. The van der Waals surface area contributed by atoms with Gasteiger partial charge in [0, 0.05) is 5.56 Å². The molecule has 5 nitrogen and oxygen atoms in total. The smallest absolute Gasteiger partial charge is 0.410 e. The first kappa shape index (κ1) is 17.3. The Morgan fingerprint density at radius 2 is 1.95 bits per heavy atom. The highest BCUT2D eigenvalue weighted by Crippen LogP contribution is 2.21. The van der Waals surface area contributed by atoms with Gasteiger partial charge in [-0.1, -0.05) is 25.1 Å². The van der Waals surface area contributed by atoms with E-state index in [0.717, 1.165) is 0 Å². The van der Waals surface area contributed by atoms with Crippen LogP contribution in [0.3, 0.4) is 0 Å². The highest BCUT2D eigenvalue weighted by Gasteiger charge is 2.27. The number of hydrogen-bond donors (Lipinski definition) is 2. The first-order valence-electron chi connectivity index (χ1n) is 7.15. The second-order valence-electron chi connectivity index (χ2n) is 5.98. The third-order valence-corrected chi connectivity index (χ3v) is 3.08. The molecule has 0 fully saturated rings. The number of amides is 1. The van der Waals surface area contributed by atoms with Crippen molar-refractivity contribution < 1.29 is 19.7 Å². The van der Waals surface area contributed by atoms with Crippen LogP contribution in [0.25, 0.3) is 0 Å². The minimum absolute atomic E-state index is 0.124. The van der Waals surface area contributed by atoms with Crippen molar-refractivity contribution in [3.63, 3.8) is 0 Å². The van der Waals surface area contributed by atoms with E-state index in [1.165, 1.54) is 4.90 Å². The summed E-state index contributed by atoms with van der Waals surface area (Å²) in [5.74, 6) is 0.124. The average Bonchev–Trinajstić information content (AvgIpc) is 2.39. The van der Waals surface area contributed by atoms with Gasteiger partial charge in [0.15, 0.2) is 0 Å². The van der Waals surface area contributed by atoms with E-state index in [-0.39, 0.29) is 24.9 Å². The molecule has 5 heteroatoms. The number of aliphatic hydroxyl groups is 1. The van der Waals surface area contributed by atoms with Crippen molar-refractivity contribution in [2.45, 2.75) is 52.3 Å². The zero-order valence-electron chi connectivity index (χ0n) is 13.2. The van der Waals surface area contributed by atoms with Gasteiger partial charge in [-0.25, -0.2) is 4.79 Å². The number of rotatable bonds is 5. The van der Waals surface area contributed by atoms with Crippen LogP contribution in [0, 0.1) is 0 Å². The monoisotopic (exact) mass is 295 g/mol. The lowest BCUT2D eigenvalue weighted by Crippen LogP contribution is -2.44. The summed E-state index contributed by atoms with van der Waals surface area (Å²) < 4.78 is 5.39. The van der Waals surface area contributed by atoms with Gasteiger partial charge < -0.3 is 14.9 Å². The molecule has 1 atom stereocenters. The van der Waals surface area contributed by atoms with Gasteiger partial charge in [0.05, 0.1) is 19.2 Å². The molecule has 1 aromatic rings. The van der Waals surface area contributed by atoms with E-state index in [0.29, 0.717) is 12.0 Å². The fourth-order valence-corrected chi connectivity index (χ4v) is 1.94. The molecule has 0 radical (unpaired) electrons. The Bertz CT molecular complexity index is 464. The average molecular weight is 295 g/mol. The Morgan fingerprint density at radius 1 is 1.33 bits per heavy atom. The van der Waals surface area contributed by atoms with Gasteiger partial charge in [0.2, 0.25) is 0 Å². The first-order chi connectivity index (χ1) is 9.78. The quantitative estimate of drug-likeness (QED) is 0.876. The summed E-state index contributed by atoms with van der Waals surface area (Å²) >= 11 is 0. The number of aromatic hydroxyl groups is 1. The van der Waals surface area contributed by atoms with Crippen LogP contribution in [0.1, 0.15) is 39.7 Å². The fraction of sp³-hybridized carbons (Fsp3) is 0.562. The predicted octanol–water partition coefficient (Wildman–Crippen LogP) is 2.90. The van der Waals surface area contributed by atoms with Crippen LogP contribution in [0.15, 0.2) is 24.3 Å². The Kier molecular flexibility index (Phi) is 6.03. The van der Waals surface area contributed by atoms with E-state index in [1.807, 2.05) is 6.92 Å². The van der Waals surface area contributed by atoms with E-state index in [9.17, 15) is 15.0 Å². The summed E-state index contributed by atoms with van der Waals surface area (Å²) in [6.07, 6.45) is 0.107. The fourth-order valence-electron chi connectivity index (χ4n) is 1.94. The first-order valence-corrected chi connectivity index (χ1v) is 7.15. The standard InChI is InChI=1S/C16H25NO4/c1-5-13(11-18)17(15(20)21-16(2,3)4)10-12-8-6-7-9-14(12)19/h6-9,13,18-19H,5,10-11H2,1-4H3/t13-/m1/s1. The summed E-state index contributed by atoms with van der Waals surface area (Å²) in [6, 6.07) is 6.49. The highest BCUT2D eigenvalue weighted by atomic mass is 16.6. The van der Waals surface area contributed by atoms with E-state index >= 15 is 0 Å². The van der Waals surface area contributed by atoms with Gasteiger partial charge in [-0.05, 0) is 33.3 Å². The number of ether oxygens (including phenoxy) is 1. The Labute approximate surface area is 126 Å². The summed E-state index contributed by atoms with van der Waals surface area (Å²) in [5, 5.41) is 19.3. The van der Waals surface area contributed by atoms with Crippen molar-refractivity contribution in [3.05, 3.63) is 29.8 Å². The molecule has 1 aromatic carbocycles. The van der Waals surface area contributed by atoms with Gasteiger partial charge >= 0.3 is 6.09 Å². The number of para-hydroxylation sites is 1. The molecule has 0 aliphatic rings. The lowest BCUT2D eigenvalue weighted by atomic mass is 10.1. The topological polar surface area (TPSA) is 70.0 Å². The zero-order chi connectivity index (χ0) is 16.0. The minimum Gasteiger partial charge on any atom is -0.508 e. The van der Waals surface area contributed by atoms with Crippen molar-refractivity contribution in [2.75, 3.05) is 6.61 Å². The lowest BCUT2D eigenvalue weighted by molar-refractivity contribution is 0.00627. The molecular weight excluding hydrogens is 270 g/mol. The van der Waals surface area contributed by atoms with Crippen molar-refractivity contribution in [1.82, 2.24) is 4.90 Å². The molecule has 0 spiro atoms. The second-order valence-corrected chi connectivity index (χ2v) is 5.98. The molecule has 0 bridgehead atoms. The van der Waals surface area contributed by atoms with Gasteiger partial charge in [-0.3, -0.25) is 4.90 Å². The van der Waals surface area contributed by atoms with Crippen LogP contribution in [0.2, 0.25) is 0 Å².